The third-order valence-corrected chi connectivity index (χ3v) is 6.36. The molecule has 0 spiro atoms. The van der Waals surface area contributed by atoms with E-state index in [1.807, 2.05) is 43.9 Å². The van der Waals surface area contributed by atoms with E-state index in [9.17, 15) is 14.4 Å². The van der Waals surface area contributed by atoms with E-state index in [1.165, 1.54) is 18.5 Å². The number of benzene rings is 1. The van der Waals surface area contributed by atoms with E-state index in [1.54, 1.807) is 10.6 Å². The van der Waals surface area contributed by atoms with Crippen LogP contribution >= 0.6 is 11.6 Å². The lowest BCUT2D eigenvalue weighted by atomic mass is 10.1. The second-order valence-corrected chi connectivity index (χ2v) is 10.5. The van der Waals surface area contributed by atoms with E-state index in [0.29, 0.717) is 36.1 Å². The third kappa shape index (κ3) is 5.38. The quantitative estimate of drug-likeness (QED) is 0.518. The fourth-order valence-corrected chi connectivity index (χ4v) is 4.60. The van der Waals surface area contributed by atoms with Crippen molar-refractivity contribution >= 4 is 40.6 Å². The number of halogens is 1. The molecular weight excluding hydrogens is 484 g/mol. The van der Waals surface area contributed by atoms with Crippen molar-refractivity contribution in [3.63, 3.8) is 0 Å². The zero-order chi connectivity index (χ0) is 26.2. The highest BCUT2D eigenvalue weighted by atomic mass is 35.5. The second-order valence-electron chi connectivity index (χ2n) is 10.0. The van der Waals surface area contributed by atoms with Gasteiger partial charge < -0.3 is 15.0 Å². The molecule has 1 atom stereocenters. The summed E-state index contributed by atoms with van der Waals surface area (Å²) in [6.07, 6.45) is 1.12. The average molecular weight is 515 g/mol. The van der Waals surface area contributed by atoms with Crippen molar-refractivity contribution < 1.29 is 14.3 Å². The molecule has 3 aromatic rings. The molecule has 10 nitrogen and oxygen atoms in total. The predicted molar refractivity (Wildman–Crippen MR) is 138 cm³/mol. The number of hydrogen-bond acceptors (Lipinski definition) is 7. The van der Waals surface area contributed by atoms with Crippen LogP contribution in [0.25, 0.3) is 11.2 Å². The molecule has 1 amide bonds. The monoisotopic (exact) mass is 514 g/mol. The van der Waals surface area contributed by atoms with Crippen molar-refractivity contribution in [2.24, 2.45) is 7.05 Å². The minimum absolute atomic E-state index is 0.0459. The molecule has 0 radical (unpaired) electrons. The Balaban J connectivity index is 1.76. The van der Waals surface area contributed by atoms with E-state index in [0.717, 1.165) is 18.4 Å². The van der Waals surface area contributed by atoms with Crippen LogP contribution in [0.2, 0.25) is 5.02 Å². The number of nitrogens with zero attached hydrogens (tertiary/aromatic N) is 5. The number of ketones is 1. The summed E-state index contributed by atoms with van der Waals surface area (Å²) in [5.41, 5.74) is 0.350. The van der Waals surface area contributed by atoms with Gasteiger partial charge in [0.2, 0.25) is 5.95 Å². The first kappa shape index (κ1) is 25.7. The number of imidazole rings is 1. The number of rotatable bonds is 5. The Kier molecular flexibility index (Phi) is 7.08. The number of Topliss-reactive ketones (excluding diaryl/α,β-unsaturated/α-hetero) is 1. The van der Waals surface area contributed by atoms with Crippen molar-refractivity contribution in [3.05, 3.63) is 51.0 Å². The molecule has 1 aliphatic heterocycles. The van der Waals surface area contributed by atoms with Gasteiger partial charge in [0.05, 0.1) is 6.54 Å². The van der Waals surface area contributed by atoms with E-state index in [2.05, 4.69) is 10.3 Å². The van der Waals surface area contributed by atoms with Gasteiger partial charge in [-0.1, -0.05) is 29.8 Å². The van der Waals surface area contributed by atoms with Crippen molar-refractivity contribution in [2.45, 2.75) is 58.7 Å². The largest absolute Gasteiger partial charge is 0.444 e. The van der Waals surface area contributed by atoms with Crippen LogP contribution in [0.5, 0.6) is 0 Å². The summed E-state index contributed by atoms with van der Waals surface area (Å²) in [5.74, 6) is 0.258. The van der Waals surface area contributed by atoms with E-state index in [4.69, 9.17) is 21.3 Å². The smallest absolute Gasteiger partial charge is 0.407 e. The summed E-state index contributed by atoms with van der Waals surface area (Å²) in [4.78, 5) is 49.0. The number of amides is 1. The minimum Gasteiger partial charge on any atom is -0.444 e. The van der Waals surface area contributed by atoms with Crippen molar-refractivity contribution in [3.8, 4) is 0 Å². The van der Waals surface area contributed by atoms with Gasteiger partial charge in [0, 0.05) is 38.1 Å². The highest BCUT2D eigenvalue weighted by Crippen LogP contribution is 2.26. The van der Waals surface area contributed by atoms with Gasteiger partial charge in [0.25, 0.3) is 5.56 Å². The minimum atomic E-state index is -0.596. The molecule has 3 heterocycles. The first-order valence-corrected chi connectivity index (χ1v) is 12.3. The Morgan fingerprint density at radius 1 is 1.22 bits per heavy atom. The summed E-state index contributed by atoms with van der Waals surface area (Å²) in [6.45, 7) is 8.28. The number of aromatic nitrogens is 4. The van der Waals surface area contributed by atoms with Gasteiger partial charge in [-0.05, 0) is 45.2 Å². The average Bonchev–Trinajstić information content (AvgIpc) is 3.15. The molecule has 1 aliphatic rings. The molecule has 2 aromatic heterocycles. The van der Waals surface area contributed by atoms with Crippen LogP contribution in [0.3, 0.4) is 0 Å². The molecule has 11 heteroatoms. The van der Waals surface area contributed by atoms with E-state index in [-0.39, 0.29) is 28.9 Å². The van der Waals surface area contributed by atoms with E-state index < -0.39 is 11.7 Å². The van der Waals surface area contributed by atoms with Crippen LogP contribution in [-0.2, 0) is 18.3 Å². The van der Waals surface area contributed by atoms with Gasteiger partial charge in [0.1, 0.15) is 5.60 Å². The number of ether oxygens (including phenoxy) is 1. The van der Waals surface area contributed by atoms with E-state index >= 15 is 0 Å². The number of anilines is 1. The van der Waals surface area contributed by atoms with Crippen molar-refractivity contribution in [2.75, 3.05) is 18.0 Å². The second kappa shape index (κ2) is 9.93. The number of alkyl carbamates (subject to hydrolysis) is 1. The summed E-state index contributed by atoms with van der Waals surface area (Å²) < 4.78 is 8.47. The molecule has 0 saturated carbocycles. The maximum atomic E-state index is 13.4. The Bertz CT molecular complexity index is 1370. The molecule has 1 N–H and O–H groups in total. The van der Waals surface area contributed by atoms with Crippen LogP contribution in [-0.4, -0.2) is 55.7 Å². The summed E-state index contributed by atoms with van der Waals surface area (Å²) in [6, 6.07) is 7.25. The highest BCUT2D eigenvalue weighted by molar-refractivity contribution is 6.31. The molecule has 1 aromatic carbocycles. The predicted octanol–water partition coefficient (Wildman–Crippen LogP) is 3.53. The zero-order valence-electron chi connectivity index (χ0n) is 21.2. The number of carbonyl (C=O) groups excluding carboxylic acids is 2. The summed E-state index contributed by atoms with van der Waals surface area (Å²) >= 11 is 6.45. The standard InChI is InChI=1S/C25H31ClN6O4/c1-15(33)21-28-20-19(22(34)30(21)5)32(13-16-9-6-7-11-18(16)26)23(29-20)31-12-8-10-17(14-31)27-24(35)36-25(2,3)4/h6-7,9,11,17H,8,10,12-14H2,1-5H3,(H,27,35)/t17-/m1/s1. The van der Waals surface area contributed by atoms with Gasteiger partial charge in [-0.25, -0.2) is 9.78 Å². The first-order chi connectivity index (χ1) is 16.9. The summed E-state index contributed by atoms with van der Waals surface area (Å²) in [5, 5.41) is 3.51. The molecule has 36 heavy (non-hydrogen) atoms. The van der Waals surface area contributed by atoms with Crippen molar-refractivity contribution in [1.82, 2.24) is 24.4 Å². The van der Waals surface area contributed by atoms with Crippen LogP contribution in [0.1, 0.15) is 56.7 Å². The van der Waals surface area contributed by atoms with Crippen molar-refractivity contribution in [1.29, 1.82) is 0 Å². The molecule has 0 bridgehead atoms. The fraction of sp³-hybridized carbons (Fsp3) is 0.480. The molecule has 1 saturated heterocycles. The van der Waals surface area contributed by atoms with Crippen LogP contribution in [0.4, 0.5) is 10.7 Å². The zero-order valence-corrected chi connectivity index (χ0v) is 21.9. The SMILES string of the molecule is CC(=O)c1nc2nc(N3CCC[C@@H](NC(=O)OC(C)(C)C)C3)n(Cc3ccccc3Cl)c2c(=O)n1C. The first-order valence-electron chi connectivity index (χ1n) is 11.9. The molecule has 0 aliphatic carbocycles. The Hall–Kier alpha value is -3.40. The molecule has 192 valence electrons. The number of piperidine rings is 1. The maximum absolute atomic E-state index is 13.4. The summed E-state index contributed by atoms with van der Waals surface area (Å²) in [7, 11) is 1.53. The normalized spacial score (nSPS) is 16.3. The number of hydrogen-bond donors (Lipinski definition) is 1. The number of fused-ring (bicyclic) bond motifs is 1. The molecule has 4 rings (SSSR count). The van der Waals surface area contributed by atoms with Gasteiger partial charge in [-0.3, -0.25) is 18.7 Å². The van der Waals surface area contributed by atoms with Crippen LogP contribution in [0.15, 0.2) is 29.1 Å². The van der Waals surface area contributed by atoms with Crippen LogP contribution < -0.4 is 15.8 Å². The lowest BCUT2D eigenvalue weighted by molar-refractivity contribution is 0.0499. The molecule has 0 unspecified atom stereocenters. The Morgan fingerprint density at radius 3 is 2.61 bits per heavy atom. The van der Waals surface area contributed by atoms with Gasteiger partial charge in [0.15, 0.2) is 22.8 Å². The van der Waals surface area contributed by atoms with Gasteiger partial charge in [-0.2, -0.15) is 4.98 Å². The lowest BCUT2D eigenvalue weighted by Gasteiger charge is -2.34. The third-order valence-electron chi connectivity index (χ3n) is 5.99. The van der Waals surface area contributed by atoms with Crippen LogP contribution in [0, 0.1) is 0 Å². The maximum Gasteiger partial charge on any atom is 0.407 e. The fourth-order valence-electron chi connectivity index (χ4n) is 4.40. The lowest BCUT2D eigenvalue weighted by Crippen LogP contribution is -2.49. The number of nitrogens with one attached hydrogen (secondary N) is 1. The Labute approximate surface area is 214 Å². The Morgan fingerprint density at radius 2 is 1.94 bits per heavy atom. The number of carbonyl (C=O) groups is 2. The highest BCUT2D eigenvalue weighted by Gasteiger charge is 2.29. The van der Waals surface area contributed by atoms with Gasteiger partial charge >= 0.3 is 6.09 Å². The molecular formula is C25H31ClN6O4. The topological polar surface area (TPSA) is 111 Å². The van der Waals surface area contributed by atoms with Gasteiger partial charge in [-0.15, -0.1) is 0 Å². The molecule has 1 fully saturated rings.